The first-order valence-electron chi connectivity index (χ1n) is 5.68. The molecule has 0 radical (unpaired) electrons. The fraction of sp³-hybridized carbons (Fsp3) is 0.417. The summed E-state index contributed by atoms with van der Waals surface area (Å²) in [5, 5.41) is 4.70. The Morgan fingerprint density at radius 1 is 1.44 bits per heavy atom. The van der Waals surface area contributed by atoms with Crippen molar-refractivity contribution in [3.8, 4) is 0 Å². The van der Waals surface area contributed by atoms with Gasteiger partial charge < -0.3 is 10.2 Å². The van der Waals surface area contributed by atoms with Crippen LogP contribution in [-0.4, -0.2) is 30.0 Å². The molecule has 1 saturated heterocycles. The Balaban J connectivity index is 2.04. The van der Waals surface area contributed by atoms with E-state index in [1.807, 2.05) is 0 Å². The normalized spacial score (nSPS) is 21.6. The summed E-state index contributed by atoms with van der Waals surface area (Å²) in [5.41, 5.74) is 0. The molecule has 1 atom stereocenters. The largest absolute Gasteiger partial charge is 0.350 e. The van der Waals surface area contributed by atoms with E-state index in [-0.39, 0.29) is 0 Å². The van der Waals surface area contributed by atoms with Crippen molar-refractivity contribution in [2.45, 2.75) is 13.0 Å². The highest BCUT2D eigenvalue weighted by Crippen LogP contribution is 2.30. The maximum absolute atomic E-state index is 4.61. The molecule has 3 nitrogen and oxygen atoms in total. The van der Waals surface area contributed by atoms with Crippen molar-refractivity contribution in [3.05, 3.63) is 24.3 Å². The third kappa shape index (κ3) is 1.58. The van der Waals surface area contributed by atoms with Gasteiger partial charge in [0.15, 0.2) is 0 Å². The Hall–Kier alpha value is -1.13. The lowest BCUT2D eigenvalue weighted by atomic mass is 10.2. The van der Waals surface area contributed by atoms with Gasteiger partial charge >= 0.3 is 0 Å². The molecule has 0 amide bonds. The lowest BCUT2D eigenvalue weighted by Gasteiger charge is -2.34. The number of nitrogens with zero attached hydrogens (tertiary/aromatic N) is 2. The minimum Gasteiger partial charge on any atom is -0.350 e. The summed E-state index contributed by atoms with van der Waals surface area (Å²) in [7, 11) is 0. The van der Waals surface area contributed by atoms with Gasteiger partial charge in [0, 0.05) is 31.1 Å². The molecule has 1 aromatic heterocycles. The van der Waals surface area contributed by atoms with Crippen molar-refractivity contribution in [2.24, 2.45) is 0 Å². The summed E-state index contributed by atoms with van der Waals surface area (Å²) in [6.07, 6.45) is 0. The Labute approximate surface area is 99.2 Å². The third-order valence-corrected chi connectivity index (χ3v) is 3.95. The first kappa shape index (κ1) is 10.1. The van der Waals surface area contributed by atoms with Crippen LogP contribution < -0.4 is 10.2 Å². The molecular formula is C12H15N3S. The van der Waals surface area contributed by atoms with Crippen molar-refractivity contribution in [1.29, 1.82) is 0 Å². The van der Waals surface area contributed by atoms with Crippen LogP contribution in [-0.2, 0) is 0 Å². The van der Waals surface area contributed by atoms with E-state index < -0.39 is 0 Å². The van der Waals surface area contributed by atoms with E-state index in [0.717, 1.165) is 25.5 Å². The fourth-order valence-electron chi connectivity index (χ4n) is 2.24. The van der Waals surface area contributed by atoms with E-state index >= 15 is 0 Å². The van der Waals surface area contributed by atoms with Crippen LogP contribution in [0.15, 0.2) is 24.3 Å². The van der Waals surface area contributed by atoms with Crippen LogP contribution >= 0.6 is 11.5 Å². The molecule has 84 valence electrons. The molecule has 2 aromatic rings. The summed E-state index contributed by atoms with van der Waals surface area (Å²) in [6, 6.07) is 9.00. The van der Waals surface area contributed by atoms with Crippen molar-refractivity contribution < 1.29 is 0 Å². The second-order valence-electron chi connectivity index (χ2n) is 4.25. The number of anilines is 1. The highest BCUT2D eigenvalue weighted by atomic mass is 32.1. The van der Waals surface area contributed by atoms with Crippen LogP contribution in [0.1, 0.15) is 6.92 Å². The number of nitrogens with one attached hydrogen (secondary N) is 1. The number of fused-ring (bicyclic) bond motifs is 1. The first-order valence-corrected chi connectivity index (χ1v) is 6.45. The highest BCUT2D eigenvalue weighted by molar-refractivity contribution is 7.13. The van der Waals surface area contributed by atoms with E-state index in [1.54, 1.807) is 11.5 Å². The molecule has 1 aliphatic heterocycles. The first-order chi connectivity index (χ1) is 7.86. The monoisotopic (exact) mass is 233 g/mol. The van der Waals surface area contributed by atoms with Crippen molar-refractivity contribution in [2.75, 3.05) is 24.5 Å². The van der Waals surface area contributed by atoms with Crippen molar-refractivity contribution in [3.63, 3.8) is 0 Å². The molecule has 0 saturated carbocycles. The van der Waals surface area contributed by atoms with Gasteiger partial charge in [0.2, 0.25) is 0 Å². The molecule has 0 aliphatic carbocycles. The number of hydrogen-bond acceptors (Lipinski definition) is 4. The molecule has 4 heteroatoms. The van der Waals surface area contributed by atoms with Crippen LogP contribution in [0.3, 0.4) is 0 Å². The zero-order valence-corrected chi connectivity index (χ0v) is 10.1. The molecule has 0 spiro atoms. The van der Waals surface area contributed by atoms with Gasteiger partial charge in [-0.05, 0) is 30.6 Å². The van der Waals surface area contributed by atoms with Crippen LogP contribution in [0.2, 0.25) is 0 Å². The van der Waals surface area contributed by atoms with E-state index in [9.17, 15) is 0 Å². The quantitative estimate of drug-likeness (QED) is 0.817. The van der Waals surface area contributed by atoms with Crippen molar-refractivity contribution >= 4 is 27.4 Å². The van der Waals surface area contributed by atoms with E-state index in [1.165, 1.54) is 10.1 Å². The Bertz CT molecular complexity index is 494. The van der Waals surface area contributed by atoms with Gasteiger partial charge in [-0.15, -0.1) is 0 Å². The third-order valence-electron chi connectivity index (χ3n) is 3.13. The maximum Gasteiger partial charge on any atom is 0.150 e. The summed E-state index contributed by atoms with van der Waals surface area (Å²) < 4.78 is 5.89. The Kier molecular flexibility index (Phi) is 2.53. The summed E-state index contributed by atoms with van der Waals surface area (Å²) in [5.74, 6) is 1.16. The Morgan fingerprint density at radius 2 is 2.31 bits per heavy atom. The van der Waals surface area contributed by atoms with Crippen molar-refractivity contribution in [1.82, 2.24) is 9.69 Å². The number of rotatable bonds is 1. The standard InChI is InChI=1S/C12H15N3S/c1-9-8-13-6-7-15(9)12-10-4-2-3-5-11(10)16-14-12/h2-5,9,13H,6-8H2,1H3. The molecular weight excluding hydrogens is 218 g/mol. The average Bonchev–Trinajstić information content (AvgIpc) is 2.74. The number of benzene rings is 1. The lowest BCUT2D eigenvalue weighted by molar-refractivity contribution is 0.499. The number of aromatic nitrogens is 1. The molecule has 16 heavy (non-hydrogen) atoms. The molecule has 1 unspecified atom stereocenters. The molecule has 3 rings (SSSR count). The molecule has 0 bridgehead atoms. The van der Waals surface area contributed by atoms with Crippen LogP contribution in [0.5, 0.6) is 0 Å². The van der Waals surface area contributed by atoms with E-state index in [4.69, 9.17) is 0 Å². The van der Waals surface area contributed by atoms with Gasteiger partial charge in [0.25, 0.3) is 0 Å². The summed E-state index contributed by atoms with van der Waals surface area (Å²) in [6.45, 7) is 5.40. The van der Waals surface area contributed by atoms with Gasteiger partial charge in [-0.1, -0.05) is 12.1 Å². The number of piperazine rings is 1. The Morgan fingerprint density at radius 3 is 3.19 bits per heavy atom. The molecule has 1 aromatic carbocycles. The fourth-order valence-corrected chi connectivity index (χ4v) is 3.02. The van der Waals surface area contributed by atoms with E-state index in [2.05, 4.69) is 45.8 Å². The average molecular weight is 233 g/mol. The summed E-state index contributed by atoms with van der Waals surface area (Å²) >= 11 is 1.60. The molecule has 1 N–H and O–H groups in total. The van der Waals surface area contributed by atoms with Gasteiger partial charge in [-0.25, -0.2) is 0 Å². The zero-order chi connectivity index (χ0) is 11.0. The van der Waals surface area contributed by atoms with Crippen LogP contribution in [0, 0.1) is 0 Å². The minimum atomic E-state index is 0.527. The second-order valence-corrected chi connectivity index (χ2v) is 5.05. The predicted molar refractivity (Wildman–Crippen MR) is 69.3 cm³/mol. The van der Waals surface area contributed by atoms with Crippen LogP contribution in [0.4, 0.5) is 5.82 Å². The molecule has 1 aliphatic rings. The van der Waals surface area contributed by atoms with Gasteiger partial charge in [0.1, 0.15) is 5.82 Å². The number of hydrogen-bond donors (Lipinski definition) is 1. The minimum absolute atomic E-state index is 0.527. The topological polar surface area (TPSA) is 28.2 Å². The SMILES string of the molecule is CC1CNCCN1c1nsc2ccccc12. The lowest BCUT2D eigenvalue weighted by Crippen LogP contribution is -2.50. The van der Waals surface area contributed by atoms with E-state index in [0.29, 0.717) is 6.04 Å². The van der Waals surface area contributed by atoms with Gasteiger partial charge in [-0.3, -0.25) is 0 Å². The second kappa shape index (κ2) is 4.03. The highest BCUT2D eigenvalue weighted by Gasteiger charge is 2.21. The van der Waals surface area contributed by atoms with Gasteiger partial charge in [-0.2, -0.15) is 4.37 Å². The zero-order valence-electron chi connectivity index (χ0n) is 9.31. The smallest absolute Gasteiger partial charge is 0.150 e. The maximum atomic E-state index is 4.61. The summed E-state index contributed by atoms with van der Waals surface area (Å²) in [4.78, 5) is 2.41. The molecule has 1 fully saturated rings. The molecule has 2 heterocycles. The predicted octanol–water partition coefficient (Wildman–Crippen LogP) is 2.09. The van der Waals surface area contributed by atoms with Crippen LogP contribution in [0.25, 0.3) is 10.1 Å². The van der Waals surface area contributed by atoms with Gasteiger partial charge in [0.05, 0.1) is 4.70 Å².